The number of aromatic nitrogens is 5. The summed E-state index contributed by atoms with van der Waals surface area (Å²) in [6, 6.07) is 16.9. The number of hydrogen-bond acceptors (Lipinski definition) is 5. The van der Waals surface area contributed by atoms with E-state index in [1.165, 1.54) is 0 Å². The highest BCUT2D eigenvalue weighted by Gasteiger charge is 2.12. The zero-order valence-electron chi connectivity index (χ0n) is 14.1. The van der Waals surface area contributed by atoms with Crippen molar-refractivity contribution in [1.29, 1.82) is 0 Å². The summed E-state index contributed by atoms with van der Waals surface area (Å²) in [5, 5.41) is 15.9. The number of rotatable bonds is 4. The minimum absolute atomic E-state index is 0.0261. The van der Waals surface area contributed by atoms with E-state index in [1.54, 1.807) is 10.7 Å². The number of amides is 1. The molecule has 7 heteroatoms. The van der Waals surface area contributed by atoms with Crippen LogP contribution in [-0.4, -0.2) is 30.7 Å². The van der Waals surface area contributed by atoms with Crippen LogP contribution in [0.25, 0.3) is 28.4 Å². The summed E-state index contributed by atoms with van der Waals surface area (Å²) in [4.78, 5) is 15.9. The van der Waals surface area contributed by atoms with Crippen LogP contribution in [0.5, 0.6) is 0 Å². The monoisotopic (exact) mass is 344 g/mol. The maximum atomic E-state index is 11.6. The van der Waals surface area contributed by atoms with Crippen LogP contribution in [0.1, 0.15) is 13.3 Å². The van der Waals surface area contributed by atoms with Gasteiger partial charge in [0.05, 0.1) is 5.69 Å². The van der Waals surface area contributed by atoms with Crippen molar-refractivity contribution in [1.82, 2.24) is 24.8 Å². The van der Waals surface area contributed by atoms with Crippen molar-refractivity contribution in [3.05, 3.63) is 60.8 Å². The van der Waals surface area contributed by atoms with Gasteiger partial charge in [-0.2, -0.15) is 9.61 Å². The van der Waals surface area contributed by atoms with Gasteiger partial charge in [-0.3, -0.25) is 9.78 Å². The number of fused-ring (bicyclic) bond motifs is 1. The van der Waals surface area contributed by atoms with E-state index in [0.29, 0.717) is 23.6 Å². The molecule has 1 N–H and O–H groups in total. The molecule has 1 aromatic carbocycles. The van der Waals surface area contributed by atoms with Crippen LogP contribution < -0.4 is 5.32 Å². The largest absolute Gasteiger partial charge is 0.326 e. The highest BCUT2D eigenvalue weighted by atomic mass is 16.1. The van der Waals surface area contributed by atoms with Crippen molar-refractivity contribution >= 4 is 17.2 Å². The number of nitrogens with zero attached hydrogens (tertiary/aromatic N) is 5. The quantitative estimate of drug-likeness (QED) is 0.614. The zero-order valence-corrected chi connectivity index (χ0v) is 14.1. The number of pyridine rings is 1. The van der Waals surface area contributed by atoms with E-state index in [4.69, 9.17) is 0 Å². The Bertz CT molecular complexity index is 1070. The Morgan fingerprint density at radius 3 is 2.77 bits per heavy atom. The molecule has 0 radical (unpaired) electrons. The van der Waals surface area contributed by atoms with Gasteiger partial charge in [0.25, 0.3) is 0 Å². The molecule has 0 aliphatic carbocycles. The van der Waals surface area contributed by atoms with Gasteiger partial charge in [0, 0.05) is 23.9 Å². The van der Waals surface area contributed by atoms with Gasteiger partial charge in [-0.05, 0) is 36.4 Å². The molecule has 4 rings (SSSR count). The molecule has 0 unspecified atom stereocenters. The lowest BCUT2D eigenvalue weighted by atomic mass is 10.1. The maximum absolute atomic E-state index is 11.6. The number of carbonyl (C=O) groups excluding carboxylic acids is 1. The van der Waals surface area contributed by atoms with Gasteiger partial charge in [-0.15, -0.1) is 10.2 Å². The molecule has 0 fully saturated rings. The van der Waals surface area contributed by atoms with E-state index in [2.05, 4.69) is 25.6 Å². The average Bonchev–Trinajstić information content (AvgIpc) is 3.12. The molecule has 4 aromatic rings. The number of carbonyl (C=O) groups is 1. The fourth-order valence-corrected chi connectivity index (χ4v) is 2.60. The Balaban J connectivity index is 1.76. The predicted octanol–water partition coefficient (Wildman–Crippen LogP) is 3.20. The van der Waals surface area contributed by atoms with Crippen molar-refractivity contribution in [3.8, 4) is 22.8 Å². The molecule has 0 atom stereocenters. The van der Waals surface area contributed by atoms with E-state index >= 15 is 0 Å². The first kappa shape index (κ1) is 15.9. The second-order valence-corrected chi connectivity index (χ2v) is 5.71. The first-order valence-electron chi connectivity index (χ1n) is 8.29. The van der Waals surface area contributed by atoms with Crippen molar-refractivity contribution in [2.24, 2.45) is 0 Å². The van der Waals surface area contributed by atoms with Crippen molar-refractivity contribution < 1.29 is 4.79 Å². The fraction of sp³-hybridized carbons (Fsp3) is 0.105. The van der Waals surface area contributed by atoms with E-state index in [1.807, 2.05) is 61.5 Å². The van der Waals surface area contributed by atoms with E-state index < -0.39 is 0 Å². The Labute approximate surface area is 149 Å². The molecule has 3 heterocycles. The Kier molecular flexibility index (Phi) is 4.10. The summed E-state index contributed by atoms with van der Waals surface area (Å²) >= 11 is 0. The second-order valence-electron chi connectivity index (χ2n) is 5.71. The smallest absolute Gasteiger partial charge is 0.224 e. The molecule has 26 heavy (non-hydrogen) atoms. The van der Waals surface area contributed by atoms with Crippen LogP contribution >= 0.6 is 0 Å². The summed E-state index contributed by atoms with van der Waals surface area (Å²) in [6.07, 6.45) is 2.14. The third kappa shape index (κ3) is 3.02. The van der Waals surface area contributed by atoms with Gasteiger partial charge in [-0.25, -0.2) is 0 Å². The summed E-state index contributed by atoms with van der Waals surface area (Å²) < 4.78 is 1.68. The first-order chi connectivity index (χ1) is 12.7. The Hall–Kier alpha value is -3.61. The normalized spacial score (nSPS) is 10.8. The molecule has 0 bridgehead atoms. The van der Waals surface area contributed by atoms with Crippen molar-refractivity contribution in [2.45, 2.75) is 13.3 Å². The average molecular weight is 344 g/mol. The number of nitrogens with one attached hydrogen (secondary N) is 1. The van der Waals surface area contributed by atoms with Gasteiger partial charge in [-0.1, -0.05) is 25.1 Å². The fourth-order valence-electron chi connectivity index (χ4n) is 2.60. The topological polar surface area (TPSA) is 85.1 Å². The van der Waals surface area contributed by atoms with E-state index in [0.717, 1.165) is 16.9 Å². The first-order valence-corrected chi connectivity index (χ1v) is 8.29. The van der Waals surface area contributed by atoms with Crippen LogP contribution in [0, 0.1) is 0 Å². The molecule has 0 aliphatic heterocycles. The van der Waals surface area contributed by atoms with Gasteiger partial charge >= 0.3 is 0 Å². The van der Waals surface area contributed by atoms with Crippen molar-refractivity contribution in [2.75, 3.05) is 5.32 Å². The third-order valence-electron chi connectivity index (χ3n) is 3.92. The molecule has 1 amide bonds. The van der Waals surface area contributed by atoms with Crippen LogP contribution in [0.15, 0.2) is 60.8 Å². The van der Waals surface area contributed by atoms with Gasteiger partial charge in [0.2, 0.25) is 11.7 Å². The molecule has 7 nitrogen and oxygen atoms in total. The zero-order chi connectivity index (χ0) is 17.9. The highest BCUT2D eigenvalue weighted by Crippen LogP contribution is 2.23. The number of hydrogen-bond donors (Lipinski definition) is 1. The molecular formula is C19H16N6O. The number of benzene rings is 1. The van der Waals surface area contributed by atoms with Crippen molar-refractivity contribution in [3.63, 3.8) is 0 Å². The molecule has 0 aliphatic rings. The number of anilines is 1. The predicted molar refractivity (Wildman–Crippen MR) is 98.4 cm³/mol. The summed E-state index contributed by atoms with van der Waals surface area (Å²) in [5.41, 5.74) is 3.73. The summed E-state index contributed by atoms with van der Waals surface area (Å²) in [5.74, 6) is 0.555. The summed E-state index contributed by atoms with van der Waals surface area (Å²) in [6.45, 7) is 1.82. The standard InChI is InChI=1S/C19H16N6O/c1-2-18(26)21-14-7-5-6-13(12-14)15-9-10-17-22-23-19(25(17)24-15)16-8-3-4-11-20-16/h3-12H,2H2,1H3,(H,21,26). The minimum Gasteiger partial charge on any atom is -0.326 e. The van der Waals surface area contributed by atoms with Gasteiger partial charge in [0.1, 0.15) is 5.69 Å². The summed E-state index contributed by atoms with van der Waals surface area (Å²) in [7, 11) is 0. The molecule has 0 saturated heterocycles. The Morgan fingerprint density at radius 2 is 1.96 bits per heavy atom. The Morgan fingerprint density at radius 1 is 1.04 bits per heavy atom. The lowest BCUT2D eigenvalue weighted by Gasteiger charge is -2.07. The van der Waals surface area contributed by atoms with Crippen LogP contribution in [0.3, 0.4) is 0 Å². The molecule has 3 aromatic heterocycles. The van der Waals surface area contributed by atoms with E-state index in [9.17, 15) is 4.79 Å². The minimum atomic E-state index is -0.0261. The molecule has 0 saturated carbocycles. The highest BCUT2D eigenvalue weighted by molar-refractivity contribution is 5.91. The van der Waals surface area contributed by atoms with Gasteiger partial charge < -0.3 is 5.32 Å². The van der Waals surface area contributed by atoms with Crippen LogP contribution in [0.2, 0.25) is 0 Å². The van der Waals surface area contributed by atoms with E-state index in [-0.39, 0.29) is 5.91 Å². The van der Waals surface area contributed by atoms with Crippen LogP contribution in [0.4, 0.5) is 5.69 Å². The third-order valence-corrected chi connectivity index (χ3v) is 3.92. The second kappa shape index (κ2) is 6.72. The lowest BCUT2D eigenvalue weighted by Crippen LogP contribution is -2.09. The SMILES string of the molecule is CCC(=O)Nc1cccc(-c2ccc3nnc(-c4ccccn4)n3n2)c1. The van der Waals surface area contributed by atoms with Crippen LogP contribution in [-0.2, 0) is 4.79 Å². The molecule has 128 valence electrons. The molecule has 0 spiro atoms. The van der Waals surface area contributed by atoms with Gasteiger partial charge in [0.15, 0.2) is 5.65 Å². The maximum Gasteiger partial charge on any atom is 0.224 e. The lowest BCUT2D eigenvalue weighted by molar-refractivity contribution is -0.115. The molecular weight excluding hydrogens is 328 g/mol.